The minimum atomic E-state index is -0.861. The van der Waals surface area contributed by atoms with Gasteiger partial charge in [-0.25, -0.2) is 0 Å². The lowest BCUT2D eigenvalue weighted by molar-refractivity contribution is -0.147. The fraction of sp³-hybridized carbons (Fsp3) is 0.500. The first-order valence-corrected chi connectivity index (χ1v) is 6.61. The number of nitrogens with zero attached hydrogens (tertiary/aromatic N) is 1. The van der Waals surface area contributed by atoms with Crippen LogP contribution in [0.4, 0.5) is 0 Å². The molecule has 0 radical (unpaired) electrons. The molecular formula is C12H16N2O2S. The number of thiophene rings is 1. The molecule has 0 saturated carbocycles. The maximum atomic E-state index is 11.8. The highest BCUT2D eigenvalue weighted by molar-refractivity contribution is 7.10. The van der Waals surface area contributed by atoms with Crippen LogP contribution in [0.3, 0.4) is 0 Å². The number of nitrogens with two attached hydrogens (primary N) is 1. The second-order valence-electron chi connectivity index (χ2n) is 4.54. The van der Waals surface area contributed by atoms with Gasteiger partial charge in [-0.3, -0.25) is 9.59 Å². The molecule has 1 aliphatic rings. The quantitative estimate of drug-likeness (QED) is 0.770. The van der Waals surface area contributed by atoms with Crippen molar-refractivity contribution in [2.45, 2.75) is 25.8 Å². The normalized spacial score (nSPS) is 24.6. The van der Waals surface area contributed by atoms with E-state index in [4.69, 9.17) is 5.73 Å². The smallest absolute Gasteiger partial charge is 0.312 e. The summed E-state index contributed by atoms with van der Waals surface area (Å²) in [7, 11) is 0. The zero-order valence-corrected chi connectivity index (χ0v) is 10.6. The molecule has 1 fully saturated rings. The zero-order valence-electron chi connectivity index (χ0n) is 9.76. The Bertz CT molecular complexity index is 416. The Hall–Kier alpha value is -1.36. The van der Waals surface area contributed by atoms with Crippen LogP contribution in [0.5, 0.6) is 0 Å². The molecule has 5 heteroatoms. The van der Waals surface area contributed by atoms with Crippen LogP contribution in [-0.2, 0) is 9.59 Å². The summed E-state index contributed by atoms with van der Waals surface area (Å²) in [6.07, 6.45) is 1.98. The van der Waals surface area contributed by atoms with Gasteiger partial charge in [0.2, 0.25) is 0 Å². The van der Waals surface area contributed by atoms with Gasteiger partial charge in [-0.2, -0.15) is 0 Å². The van der Waals surface area contributed by atoms with Crippen molar-refractivity contribution in [3.8, 4) is 0 Å². The minimum Gasteiger partial charge on any atom is -0.361 e. The highest BCUT2D eigenvalue weighted by Gasteiger charge is 2.33. The molecule has 2 amide bonds. The third-order valence-electron chi connectivity index (χ3n) is 3.16. The van der Waals surface area contributed by atoms with Crippen LogP contribution in [-0.4, -0.2) is 23.3 Å². The third-order valence-corrected chi connectivity index (χ3v) is 4.13. The summed E-state index contributed by atoms with van der Waals surface area (Å²) in [6.45, 7) is 2.70. The lowest BCUT2D eigenvalue weighted by Gasteiger charge is -2.37. The van der Waals surface area contributed by atoms with Crippen molar-refractivity contribution >= 4 is 23.2 Å². The van der Waals surface area contributed by atoms with E-state index in [-0.39, 0.29) is 6.04 Å². The molecule has 0 bridgehead atoms. The monoisotopic (exact) mass is 252 g/mol. The molecule has 2 rings (SSSR count). The van der Waals surface area contributed by atoms with Crippen LogP contribution in [0.2, 0.25) is 0 Å². The second kappa shape index (κ2) is 4.87. The third kappa shape index (κ3) is 2.49. The Morgan fingerprint density at radius 3 is 2.82 bits per heavy atom. The van der Waals surface area contributed by atoms with Crippen LogP contribution in [0.1, 0.15) is 30.7 Å². The molecule has 1 saturated heterocycles. The van der Waals surface area contributed by atoms with E-state index in [1.54, 1.807) is 16.2 Å². The summed E-state index contributed by atoms with van der Waals surface area (Å²) in [5.41, 5.74) is 5.10. The number of carbonyl (C=O) groups is 2. The van der Waals surface area contributed by atoms with Gasteiger partial charge in [-0.05, 0) is 30.2 Å². The molecule has 92 valence electrons. The average Bonchev–Trinajstić information content (AvgIpc) is 2.81. The van der Waals surface area contributed by atoms with Gasteiger partial charge in [0.1, 0.15) is 0 Å². The van der Waals surface area contributed by atoms with E-state index in [1.807, 2.05) is 17.5 Å². The summed E-state index contributed by atoms with van der Waals surface area (Å²) < 4.78 is 0. The molecule has 1 aromatic rings. The number of likely N-dealkylation sites (tertiary alicyclic amines) is 1. The van der Waals surface area contributed by atoms with Crippen LogP contribution < -0.4 is 5.73 Å². The predicted molar refractivity (Wildman–Crippen MR) is 66.4 cm³/mol. The number of rotatable bonds is 1. The van der Waals surface area contributed by atoms with Crippen molar-refractivity contribution < 1.29 is 9.59 Å². The molecule has 2 heterocycles. The summed E-state index contributed by atoms with van der Waals surface area (Å²) >= 11 is 1.62. The first-order valence-electron chi connectivity index (χ1n) is 5.73. The minimum absolute atomic E-state index is 0.0196. The van der Waals surface area contributed by atoms with Gasteiger partial charge in [0, 0.05) is 11.4 Å². The van der Waals surface area contributed by atoms with Gasteiger partial charge < -0.3 is 10.6 Å². The molecule has 4 nitrogen and oxygen atoms in total. The van der Waals surface area contributed by atoms with Crippen molar-refractivity contribution in [2.24, 2.45) is 11.7 Å². The largest absolute Gasteiger partial charge is 0.361 e. The van der Waals surface area contributed by atoms with Crippen LogP contribution in [0, 0.1) is 5.92 Å². The van der Waals surface area contributed by atoms with Crippen molar-refractivity contribution in [3.05, 3.63) is 22.4 Å². The van der Waals surface area contributed by atoms with E-state index in [0.29, 0.717) is 12.5 Å². The first kappa shape index (κ1) is 12.1. The predicted octanol–water partition coefficient (Wildman–Crippen LogP) is 1.53. The lowest BCUT2D eigenvalue weighted by atomic mass is 9.93. The van der Waals surface area contributed by atoms with E-state index in [9.17, 15) is 9.59 Å². The number of carbonyl (C=O) groups excluding carboxylic acids is 2. The SMILES string of the molecule is CC1CCC(c2cccs2)N(C(=O)C(N)=O)C1. The lowest BCUT2D eigenvalue weighted by Crippen LogP contribution is -2.46. The van der Waals surface area contributed by atoms with Gasteiger partial charge in [0.25, 0.3) is 0 Å². The number of hydrogen-bond acceptors (Lipinski definition) is 3. The summed E-state index contributed by atoms with van der Waals surface area (Å²) in [6, 6.07) is 3.99. The highest BCUT2D eigenvalue weighted by atomic mass is 32.1. The maximum Gasteiger partial charge on any atom is 0.312 e. The summed E-state index contributed by atoms with van der Waals surface area (Å²) in [4.78, 5) is 25.6. The van der Waals surface area contributed by atoms with Crippen LogP contribution in [0.15, 0.2) is 17.5 Å². The van der Waals surface area contributed by atoms with Gasteiger partial charge in [0.15, 0.2) is 0 Å². The van der Waals surface area contributed by atoms with E-state index in [2.05, 4.69) is 6.92 Å². The number of piperidine rings is 1. The van der Waals surface area contributed by atoms with E-state index >= 15 is 0 Å². The van der Waals surface area contributed by atoms with Crippen molar-refractivity contribution in [3.63, 3.8) is 0 Å². The molecule has 2 unspecified atom stereocenters. The number of amides is 2. The first-order chi connectivity index (χ1) is 8.09. The van der Waals surface area contributed by atoms with Gasteiger partial charge >= 0.3 is 11.8 Å². The molecule has 0 spiro atoms. The average molecular weight is 252 g/mol. The Labute approximate surface area is 104 Å². The van der Waals surface area contributed by atoms with Gasteiger partial charge in [-0.1, -0.05) is 13.0 Å². The standard InChI is InChI=1S/C12H16N2O2S/c1-8-4-5-9(10-3-2-6-17-10)14(7-8)12(16)11(13)15/h2-3,6,8-9H,4-5,7H2,1H3,(H2,13,15). The molecule has 2 N–H and O–H groups in total. The fourth-order valence-electron chi connectivity index (χ4n) is 2.30. The van der Waals surface area contributed by atoms with Gasteiger partial charge in [-0.15, -0.1) is 11.3 Å². The van der Waals surface area contributed by atoms with Crippen molar-refractivity contribution in [1.82, 2.24) is 4.90 Å². The van der Waals surface area contributed by atoms with Crippen molar-refractivity contribution in [2.75, 3.05) is 6.54 Å². The van der Waals surface area contributed by atoms with E-state index < -0.39 is 11.8 Å². The number of primary amides is 1. The fourth-order valence-corrected chi connectivity index (χ4v) is 3.17. The Balaban J connectivity index is 2.23. The Morgan fingerprint density at radius 1 is 1.47 bits per heavy atom. The Kier molecular flexibility index (Phi) is 3.47. The molecular weight excluding hydrogens is 236 g/mol. The maximum absolute atomic E-state index is 11.8. The molecule has 1 aromatic heterocycles. The molecule has 2 atom stereocenters. The molecule has 0 aliphatic carbocycles. The topological polar surface area (TPSA) is 63.4 Å². The molecule has 17 heavy (non-hydrogen) atoms. The zero-order chi connectivity index (χ0) is 12.4. The van der Waals surface area contributed by atoms with Crippen LogP contribution in [0.25, 0.3) is 0 Å². The summed E-state index contributed by atoms with van der Waals surface area (Å²) in [5, 5.41) is 1.99. The molecule has 0 aromatic carbocycles. The van der Waals surface area contributed by atoms with Crippen molar-refractivity contribution in [1.29, 1.82) is 0 Å². The summed E-state index contributed by atoms with van der Waals surface area (Å²) in [5.74, 6) is -0.995. The van der Waals surface area contributed by atoms with Gasteiger partial charge in [0.05, 0.1) is 6.04 Å². The molecule has 1 aliphatic heterocycles. The highest BCUT2D eigenvalue weighted by Crippen LogP contribution is 2.35. The van der Waals surface area contributed by atoms with Crippen LogP contribution >= 0.6 is 11.3 Å². The second-order valence-corrected chi connectivity index (χ2v) is 5.51. The van der Waals surface area contributed by atoms with E-state index in [1.165, 1.54) is 0 Å². The van der Waals surface area contributed by atoms with E-state index in [0.717, 1.165) is 17.7 Å². The Morgan fingerprint density at radius 2 is 2.24 bits per heavy atom. The number of hydrogen-bond donors (Lipinski definition) is 1.